The van der Waals surface area contributed by atoms with Crippen molar-refractivity contribution in [1.29, 1.82) is 0 Å². The first kappa shape index (κ1) is 43.2. The summed E-state index contributed by atoms with van der Waals surface area (Å²) in [5.41, 5.74) is 7.76. The van der Waals surface area contributed by atoms with E-state index in [-0.39, 0.29) is 32.3 Å². The zero-order valence-corrected chi connectivity index (χ0v) is 34.2. The molecule has 59 heavy (non-hydrogen) atoms. The van der Waals surface area contributed by atoms with Crippen molar-refractivity contribution in [3.05, 3.63) is 111 Å². The molecule has 0 aromatic heterocycles. The van der Waals surface area contributed by atoms with Crippen molar-refractivity contribution in [2.45, 2.75) is 103 Å². The van der Waals surface area contributed by atoms with E-state index in [1.165, 1.54) is 0 Å². The molecule has 2 heterocycles. The fourth-order valence-corrected chi connectivity index (χ4v) is 7.61. The van der Waals surface area contributed by atoms with Crippen LogP contribution in [0, 0.1) is 6.92 Å². The van der Waals surface area contributed by atoms with Crippen LogP contribution in [-0.4, -0.2) is 59.5 Å². The minimum absolute atomic E-state index is 0.126. The van der Waals surface area contributed by atoms with Gasteiger partial charge in [0.1, 0.15) is 11.9 Å². The van der Waals surface area contributed by atoms with Gasteiger partial charge in [-0.2, -0.15) is 0 Å². The number of unbranched alkanes of at least 4 members (excludes halogenated alkanes) is 7. The molecule has 4 aromatic rings. The molecule has 0 saturated heterocycles. The number of anilines is 1. The third kappa shape index (κ3) is 10.6. The number of ether oxygens (including phenoxy) is 4. The Morgan fingerprint density at radius 2 is 1.31 bits per heavy atom. The number of amides is 1. The molecule has 1 amide bonds. The second kappa shape index (κ2) is 21.1. The van der Waals surface area contributed by atoms with Gasteiger partial charge in [0.15, 0.2) is 17.6 Å². The molecule has 0 fully saturated rings. The number of hydrogen-bond donors (Lipinski definition) is 6. The Bertz CT molecular complexity index is 2040. The number of fused-ring (bicyclic) bond motifs is 1. The number of nitrogens with one attached hydrogen (secondary N) is 2. The van der Waals surface area contributed by atoms with Crippen molar-refractivity contribution in [1.82, 2.24) is 5.32 Å². The van der Waals surface area contributed by atoms with Crippen LogP contribution in [0.5, 0.6) is 23.0 Å². The molecule has 6 rings (SSSR count). The SMILES string of the molecule is COc1cc(C2CC(c3cc(CO)c(CO)c(CO)c3)=NO2)cc(OC)c1OCCCCCCCCCCOc1ccc(C2NC(=O)c3cc(C)ccc3N2)cc1CO. The van der Waals surface area contributed by atoms with Gasteiger partial charge in [-0.25, -0.2) is 0 Å². The molecule has 4 aromatic carbocycles. The van der Waals surface area contributed by atoms with Crippen molar-refractivity contribution in [2.75, 3.05) is 32.8 Å². The van der Waals surface area contributed by atoms with E-state index in [4.69, 9.17) is 23.8 Å². The summed E-state index contributed by atoms with van der Waals surface area (Å²) >= 11 is 0. The second-order valence-electron chi connectivity index (χ2n) is 15.0. The first-order chi connectivity index (χ1) is 28.8. The van der Waals surface area contributed by atoms with E-state index < -0.39 is 12.3 Å². The molecule has 316 valence electrons. The molecule has 0 spiro atoms. The van der Waals surface area contributed by atoms with Crippen LogP contribution in [0.3, 0.4) is 0 Å². The number of rotatable bonds is 22. The topological polar surface area (TPSA) is 181 Å². The zero-order chi connectivity index (χ0) is 41.7. The molecular weight excluding hydrogens is 755 g/mol. The maximum absolute atomic E-state index is 12.7. The van der Waals surface area contributed by atoms with Crippen LogP contribution < -0.4 is 29.6 Å². The van der Waals surface area contributed by atoms with E-state index in [0.29, 0.717) is 81.7 Å². The Hall–Kier alpha value is -5.34. The molecule has 13 nitrogen and oxygen atoms in total. The molecule has 13 heteroatoms. The molecule has 2 unspecified atom stereocenters. The maximum Gasteiger partial charge on any atom is 0.255 e. The largest absolute Gasteiger partial charge is 0.493 e. The fourth-order valence-electron chi connectivity index (χ4n) is 7.61. The van der Waals surface area contributed by atoms with Crippen LogP contribution in [0.4, 0.5) is 5.69 Å². The minimum Gasteiger partial charge on any atom is -0.493 e. The lowest BCUT2D eigenvalue weighted by Crippen LogP contribution is -2.38. The summed E-state index contributed by atoms with van der Waals surface area (Å²) in [6, 6.07) is 18.7. The van der Waals surface area contributed by atoms with Crippen LogP contribution in [0.15, 0.2) is 65.8 Å². The van der Waals surface area contributed by atoms with Crippen molar-refractivity contribution >= 4 is 17.3 Å². The number of aliphatic hydroxyl groups is 4. The predicted octanol–water partition coefficient (Wildman–Crippen LogP) is 7.28. The van der Waals surface area contributed by atoms with E-state index in [9.17, 15) is 25.2 Å². The monoisotopic (exact) mass is 811 g/mol. The number of nitrogens with zero attached hydrogens (tertiary/aromatic N) is 1. The van der Waals surface area contributed by atoms with Crippen LogP contribution >= 0.6 is 0 Å². The molecule has 0 radical (unpaired) electrons. The second-order valence-corrected chi connectivity index (χ2v) is 15.0. The van der Waals surface area contributed by atoms with Gasteiger partial charge >= 0.3 is 0 Å². The van der Waals surface area contributed by atoms with Crippen molar-refractivity contribution in [3.63, 3.8) is 0 Å². The van der Waals surface area contributed by atoms with Crippen LogP contribution in [0.25, 0.3) is 0 Å². The fraction of sp³-hybridized carbons (Fsp3) is 0.435. The van der Waals surface area contributed by atoms with Crippen LogP contribution in [-0.2, 0) is 31.3 Å². The Morgan fingerprint density at radius 1 is 0.678 bits per heavy atom. The lowest BCUT2D eigenvalue weighted by Gasteiger charge is -2.29. The number of benzene rings is 4. The highest BCUT2D eigenvalue weighted by Crippen LogP contribution is 2.43. The number of aryl methyl sites for hydroxylation is 1. The summed E-state index contributed by atoms with van der Waals surface area (Å²) in [5, 5.41) is 50.2. The number of carbonyl (C=O) groups is 1. The lowest BCUT2D eigenvalue weighted by atomic mass is 9.93. The van der Waals surface area contributed by atoms with Gasteiger partial charge in [-0.15, -0.1) is 0 Å². The Labute approximate surface area is 345 Å². The van der Waals surface area contributed by atoms with Crippen LogP contribution in [0.2, 0.25) is 0 Å². The molecule has 2 atom stereocenters. The minimum atomic E-state index is -0.403. The highest BCUT2D eigenvalue weighted by Gasteiger charge is 2.28. The number of carbonyl (C=O) groups excluding carboxylic acids is 1. The van der Waals surface area contributed by atoms with Gasteiger partial charge in [0.05, 0.1) is 65.1 Å². The summed E-state index contributed by atoms with van der Waals surface area (Å²) in [6.07, 6.45) is 8.13. The zero-order valence-electron chi connectivity index (χ0n) is 34.2. The first-order valence-corrected chi connectivity index (χ1v) is 20.4. The number of methoxy groups -OCH3 is 2. The number of oxime groups is 1. The highest BCUT2D eigenvalue weighted by atomic mass is 16.6. The van der Waals surface area contributed by atoms with E-state index in [2.05, 4.69) is 15.8 Å². The van der Waals surface area contributed by atoms with E-state index in [1.807, 2.05) is 55.5 Å². The van der Waals surface area contributed by atoms with E-state index >= 15 is 0 Å². The first-order valence-electron chi connectivity index (χ1n) is 20.4. The molecule has 2 aliphatic heterocycles. The summed E-state index contributed by atoms with van der Waals surface area (Å²) in [7, 11) is 3.18. The molecule has 0 bridgehead atoms. The third-order valence-corrected chi connectivity index (χ3v) is 10.9. The normalized spacial score (nSPS) is 15.8. The summed E-state index contributed by atoms with van der Waals surface area (Å²) in [4.78, 5) is 18.5. The Balaban J connectivity index is 0.875. The van der Waals surface area contributed by atoms with Crippen molar-refractivity contribution in [3.8, 4) is 23.0 Å². The van der Waals surface area contributed by atoms with Crippen LogP contribution in [0.1, 0.15) is 125 Å². The van der Waals surface area contributed by atoms with Crippen molar-refractivity contribution < 1.29 is 49.0 Å². The predicted molar refractivity (Wildman–Crippen MR) is 224 cm³/mol. The van der Waals surface area contributed by atoms with Gasteiger partial charge in [0.25, 0.3) is 5.91 Å². The number of aliphatic hydroxyl groups excluding tert-OH is 4. The molecule has 0 saturated carbocycles. The number of hydrogen-bond acceptors (Lipinski definition) is 12. The summed E-state index contributed by atoms with van der Waals surface area (Å²) in [6.45, 7) is 2.08. The summed E-state index contributed by atoms with van der Waals surface area (Å²) in [5.74, 6) is 2.15. The standard InChI is InChI=1S/C46H57N3O10/c1-29-12-14-38-36(18-29)46(54)48-45(47-38)30-13-15-40(35(19-30)27-52)57-16-10-8-6-4-5-7-9-11-17-58-44-42(55-2)22-32(23-43(44)56-3)41-24-39(49-59-41)31-20-33(25-50)37(28-53)34(21-31)26-51/h12-15,18-23,41,45,47,50-53H,4-11,16-17,24-28H2,1-3H3,(H,48,54). The van der Waals surface area contributed by atoms with E-state index in [0.717, 1.165) is 73.7 Å². The van der Waals surface area contributed by atoms with Gasteiger partial charge in [0.2, 0.25) is 5.75 Å². The smallest absolute Gasteiger partial charge is 0.255 e. The molecule has 6 N–H and O–H groups in total. The maximum atomic E-state index is 12.7. The lowest BCUT2D eigenvalue weighted by molar-refractivity contribution is 0.0852. The van der Waals surface area contributed by atoms with Gasteiger partial charge in [-0.05, 0) is 90.6 Å². The van der Waals surface area contributed by atoms with Crippen molar-refractivity contribution in [2.24, 2.45) is 5.16 Å². The third-order valence-electron chi connectivity index (χ3n) is 10.9. The van der Waals surface area contributed by atoms with Gasteiger partial charge < -0.3 is 54.8 Å². The Kier molecular flexibility index (Phi) is 15.4. The van der Waals surface area contributed by atoms with Gasteiger partial charge in [-0.3, -0.25) is 4.79 Å². The van der Waals surface area contributed by atoms with E-state index in [1.54, 1.807) is 26.4 Å². The molecule has 0 aliphatic carbocycles. The average Bonchev–Trinajstić information content (AvgIpc) is 3.77. The van der Waals surface area contributed by atoms with Gasteiger partial charge in [0, 0.05) is 28.8 Å². The van der Waals surface area contributed by atoms with Gasteiger partial charge in [-0.1, -0.05) is 61.4 Å². The average molecular weight is 812 g/mol. The molecule has 2 aliphatic rings. The Morgan fingerprint density at radius 3 is 1.92 bits per heavy atom. The molecular formula is C46H57N3O10. The quantitative estimate of drug-likeness (QED) is 0.0439. The summed E-state index contributed by atoms with van der Waals surface area (Å²) < 4.78 is 23.6. The highest BCUT2D eigenvalue weighted by molar-refractivity contribution is 6.02.